The van der Waals surface area contributed by atoms with E-state index in [9.17, 15) is 0 Å². The largest absolute Gasteiger partial charge is 0.376 e. The number of aryl methyl sites for hydroxylation is 1. The molecule has 0 amide bonds. The molecular formula is C17H26N6O2S. The monoisotopic (exact) mass is 378 g/mol. The molecule has 142 valence electrons. The van der Waals surface area contributed by atoms with Gasteiger partial charge in [0.1, 0.15) is 5.82 Å². The topological polar surface area (TPSA) is 90.9 Å². The van der Waals surface area contributed by atoms with Crippen molar-refractivity contribution in [2.75, 3.05) is 19.7 Å². The van der Waals surface area contributed by atoms with E-state index in [1.165, 1.54) is 0 Å². The second kappa shape index (κ2) is 8.49. The molecule has 26 heavy (non-hydrogen) atoms. The van der Waals surface area contributed by atoms with Gasteiger partial charge in [-0.1, -0.05) is 23.8 Å². The first-order chi connectivity index (χ1) is 12.8. The fourth-order valence-corrected chi connectivity index (χ4v) is 4.36. The average Bonchev–Trinajstić information content (AvgIpc) is 3.42. The Labute approximate surface area is 157 Å². The predicted octanol–water partition coefficient (Wildman–Crippen LogP) is 2.16. The van der Waals surface area contributed by atoms with Gasteiger partial charge in [-0.3, -0.25) is 0 Å². The number of hydrogen-bond donors (Lipinski definition) is 1. The zero-order valence-electron chi connectivity index (χ0n) is 15.2. The van der Waals surface area contributed by atoms with Crippen LogP contribution < -0.4 is 5.32 Å². The van der Waals surface area contributed by atoms with Crippen LogP contribution in [0, 0.1) is 0 Å². The van der Waals surface area contributed by atoms with Gasteiger partial charge in [0.2, 0.25) is 5.89 Å². The molecule has 9 heteroatoms. The first-order valence-electron chi connectivity index (χ1n) is 9.53. The number of aromatic nitrogens is 5. The molecule has 0 unspecified atom stereocenters. The third kappa shape index (κ3) is 4.10. The Balaban J connectivity index is 1.50. The van der Waals surface area contributed by atoms with E-state index in [1.54, 1.807) is 11.8 Å². The maximum absolute atomic E-state index is 5.87. The molecule has 0 saturated carbocycles. The quantitative estimate of drug-likeness (QED) is 0.733. The van der Waals surface area contributed by atoms with Gasteiger partial charge in [-0.15, -0.1) is 10.2 Å². The van der Waals surface area contributed by atoms with Crippen molar-refractivity contribution in [3.63, 3.8) is 0 Å². The zero-order valence-corrected chi connectivity index (χ0v) is 16.0. The lowest BCUT2D eigenvalue weighted by Gasteiger charge is -2.23. The number of nitrogens with zero attached hydrogens (tertiary/aromatic N) is 5. The number of ether oxygens (including phenoxy) is 1. The van der Waals surface area contributed by atoms with Crippen molar-refractivity contribution in [1.82, 2.24) is 30.2 Å². The first kappa shape index (κ1) is 17.9. The van der Waals surface area contributed by atoms with Crippen molar-refractivity contribution in [1.29, 1.82) is 0 Å². The van der Waals surface area contributed by atoms with Gasteiger partial charge in [-0.2, -0.15) is 4.98 Å². The third-order valence-corrected chi connectivity index (χ3v) is 5.96. The lowest BCUT2D eigenvalue weighted by molar-refractivity contribution is 0.0936. The molecule has 1 atom stereocenters. The van der Waals surface area contributed by atoms with Crippen molar-refractivity contribution >= 4 is 11.8 Å². The van der Waals surface area contributed by atoms with E-state index in [1.807, 2.05) is 6.92 Å². The van der Waals surface area contributed by atoms with Gasteiger partial charge in [0, 0.05) is 18.9 Å². The molecule has 2 aromatic heterocycles. The Kier molecular flexibility index (Phi) is 5.86. The van der Waals surface area contributed by atoms with Gasteiger partial charge in [0.05, 0.1) is 18.4 Å². The Morgan fingerprint density at radius 1 is 1.23 bits per heavy atom. The summed E-state index contributed by atoms with van der Waals surface area (Å²) in [6, 6.07) is 0. The Morgan fingerprint density at radius 2 is 2.12 bits per heavy atom. The molecule has 4 rings (SSSR count). The van der Waals surface area contributed by atoms with Crippen molar-refractivity contribution < 1.29 is 9.26 Å². The number of piperidine rings is 1. The second-order valence-corrected chi connectivity index (χ2v) is 7.80. The molecule has 2 saturated heterocycles. The van der Waals surface area contributed by atoms with Crippen molar-refractivity contribution in [2.24, 2.45) is 0 Å². The second-order valence-electron chi connectivity index (χ2n) is 6.86. The minimum Gasteiger partial charge on any atom is -0.376 e. The Bertz CT molecular complexity index is 706. The predicted molar refractivity (Wildman–Crippen MR) is 97.1 cm³/mol. The summed E-state index contributed by atoms with van der Waals surface area (Å²) in [5.41, 5.74) is 0. The summed E-state index contributed by atoms with van der Waals surface area (Å²) in [7, 11) is 0. The van der Waals surface area contributed by atoms with E-state index in [2.05, 4.69) is 30.2 Å². The summed E-state index contributed by atoms with van der Waals surface area (Å²) >= 11 is 1.61. The summed E-state index contributed by atoms with van der Waals surface area (Å²) in [6.07, 6.45) is 5.51. The highest BCUT2D eigenvalue weighted by Crippen LogP contribution is 2.30. The summed E-state index contributed by atoms with van der Waals surface area (Å²) in [5.74, 6) is 3.57. The molecule has 0 aliphatic carbocycles. The molecule has 0 aromatic carbocycles. The third-order valence-electron chi connectivity index (χ3n) is 5.01. The van der Waals surface area contributed by atoms with Crippen LogP contribution >= 0.6 is 11.8 Å². The Morgan fingerprint density at radius 3 is 2.85 bits per heavy atom. The van der Waals surface area contributed by atoms with E-state index in [4.69, 9.17) is 9.26 Å². The minimum absolute atomic E-state index is 0.265. The molecule has 8 nitrogen and oxygen atoms in total. The van der Waals surface area contributed by atoms with E-state index in [0.717, 1.165) is 75.2 Å². The van der Waals surface area contributed by atoms with Crippen molar-refractivity contribution in [3.05, 3.63) is 17.5 Å². The lowest BCUT2D eigenvalue weighted by Crippen LogP contribution is -2.29. The van der Waals surface area contributed by atoms with Crippen molar-refractivity contribution in [2.45, 2.75) is 68.5 Å². The molecular weight excluding hydrogens is 352 g/mol. The SMILES string of the molecule is CCc1noc(CSc2nnc(C3CCNCC3)n2C[C@H]2CCCO2)n1. The molecule has 2 fully saturated rings. The fraction of sp³-hybridized carbons (Fsp3) is 0.765. The fourth-order valence-electron chi connectivity index (χ4n) is 3.57. The van der Waals surface area contributed by atoms with Crippen LogP contribution in [-0.2, 0) is 23.5 Å². The first-order valence-corrected chi connectivity index (χ1v) is 10.5. The smallest absolute Gasteiger partial charge is 0.237 e. The standard InChI is InChI=1S/C17H26N6O2S/c1-2-14-19-15(25-22-14)11-26-17-21-20-16(12-5-7-18-8-6-12)23(17)10-13-4-3-9-24-13/h12-13,18H,2-11H2,1H3/t13-/m1/s1. The molecule has 1 N–H and O–H groups in total. The molecule has 0 bridgehead atoms. The van der Waals surface area contributed by atoms with Gasteiger partial charge in [-0.05, 0) is 38.8 Å². The van der Waals surface area contributed by atoms with Crippen LogP contribution in [0.1, 0.15) is 56.1 Å². The van der Waals surface area contributed by atoms with Gasteiger partial charge >= 0.3 is 0 Å². The van der Waals surface area contributed by atoms with Gasteiger partial charge in [0.25, 0.3) is 0 Å². The maximum Gasteiger partial charge on any atom is 0.237 e. The number of hydrogen-bond acceptors (Lipinski definition) is 8. The maximum atomic E-state index is 5.87. The zero-order chi connectivity index (χ0) is 17.8. The number of rotatable bonds is 7. The normalized spacial score (nSPS) is 21.5. The Hall–Kier alpha value is -1.45. The minimum atomic E-state index is 0.265. The van der Waals surface area contributed by atoms with Gasteiger partial charge in [0.15, 0.2) is 11.0 Å². The molecule has 0 spiro atoms. The van der Waals surface area contributed by atoms with Crippen LogP contribution in [0.15, 0.2) is 9.68 Å². The highest BCUT2D eigenvalue weighted by atomic mass is 32.2. The highest BCUT2D eigenvalue weighted by Gasteiger charge is 2.26. The summed E-state index contributed by atoms with van der Waals surface area (Å²) in [4.78, 5) is 4.38. The van der Waals surface area contributed by atoms with E-state index < -0.39 is 0 Å². The summed E-state index contributed by atoms with van der Waals surface area (Å²) in [5, 5.41) is 17.4. The number of nitrogens with one attached hydrogen (secondary N) is 1. The summed E-state index contributed by atoms with van der Waals surface area (Å²) in [6.45, 7) is 5.80. The van der Waals surface area contributed by atoms with Crippen LogP contribution in [0.25, 0.3) is 0 Å². The average molecular weight is 379 g/mol. The van der Waals surface area contributed by atoms with Gasteiger partial charge in [-0.25, -0.2) is 0 Å². The van der Waals surface area contributed by atoms with Crippen LogP contribution in [0.3, 0.4) is 0 Å². The van der Waals surface area contributed by atoms with Crippen LogP contribution in [0.2, 0.25) is 0 Å². The molecule has 0 radical (unpaired) electrons. The van der Waals surface area contributed by atoms with Crippen LogP contribution in [0.5, 0.6) is 0 Å². The van der Waals surface area contributed by atoms with E-state index in [0.29, 0.717) is 17.6 Å². The molecule has 4 heterocycles. The molecule has 2 aliphatic rings. The highest BCUT2D eigenvalue weighted by molar-refractivity contribution is 7.98. The van der Waals surface area contributed by atoms with Crippen LogP contribution in [0.4, 0.5) is 0 Å². The molecule has 2 aliphatic heterocycles. The lowest BCUT2D eigenvalue weighted by atomic mass is 9.97. The van der Waals surface area contributed by atoms with Crippen LogP contribution in [-0.4, -0.2) is 50.7 Å². The van der Waals surface area contributed by atoms with E-state index in [-0.39, 0.29) is 6.10 Å². The number of thioether (sulfide) groups is 1. The van der Waals surface area contributed by atoms with Crippen molar-refractivity contribution in [3.8, 4) is 0 Å². The summed E-state index contributed by atoms with van der Waals surface area (Å²) < 4.78 is 13.4. The van der Waals surface area contributed by atoms with E-state index >= 15 is 0 Å². The molecule has 2 aromatic rings. The van der Waals surface area contributed by atoms with Gasteiger partial charge < -0.3 is 19.1 Å².